The molecule has 3 N–H and O–H groups in total. The molecule has 4 atom stereocenters. The highest BCUT2D eigenvalue weighted by atomic mass is 32.1. The lowest BCUT2D eigenvalue weighted by Gasteiger charge is -2.24. The minimum absolute atomic E-state index is 0. The van der Waals surface area contributed by atoms with E-state index >= 15 is 0 Å². The summed E-state index contributed by atoms with van der Waals surface area (Å²) in [6.07, 6.45) is 13.2. The standard InChI is InChI=1S/C33H43N3O4.C17H20N2O2.C15H24N2O3.2CH4.2H2S/c1-22(2)15-29(36-14-12-25(16-31(36)38)11-13-35(5)6)30(37)18-26(19-32(39)40-7)27-17-28(21-34-20-27)33-23(3)9-8-10-24(33)4;1-11-5-4-6-12(2)17(11)14-7-13(9-19-10-14)15(18)8-16(20)21-3;1-11(2)9-13(15(19)20)17-8-6-12(10-14(17)18)5-7-16(3)4;;;;/h8-10,12,14,16-17,20-22,26,29H,11,13,15,18-19H2,1-7H3;4-7,9-10,15H,8,18H2,1-3H3;6,8,10-11,13H,5,7,9H2,1-4H3,(H,19,20);2*1H4;2*1H2/t26-,29?;15-;;;;;/m00...../s1. The Labute approximate surface area is 520 Å². The Morgan fingerprint density at radius 3 is 1.35 bits per heavy atom. The Hall–Kier alpha value is -6.70. The number of aryl methyl sites for hydroxylation is 4. The first-order valence-corrected chi connectivity index (χ1v) is 27.7. The maximum atomic E-state index is 13.9. The minimum Gasteiger partial charge on any atom is -0.480 e. The van der Waals surface area contributed by atoms with Gasteiger partial charge in [0.1, 0.15) is 6.04 Å². The van der Waals surface area contributed by atoms with Crippen molar-refractivity contribution in [1.82, 2.24) is 28.9 Å². The smallest absolute Gasteiger partial charge is 0.326 e. The molecule has 2 aromatic carbocycles. The third-order valence-corrected chi connectivity index (χ3v) is 14.1. The molecule has 0 aliphatic carbocycles. The third-order valence-electron chi connectivity index (χ3n) is 14.1. The number of ether oxygens (including phenoxy) is 2. The number of carbonyl (C=O) groups excluding carboxylic acids is 3. The fourth-order valence-corrected chi connectivity index (χ4v) is 9.73. The number of aromatic nitrogens is 4. The predicted octanol–water partition coefficient (Wildman–Crippen LogP) is 11.6. The second-order valence-corrected chi connectivity index (χ2v) is 22.4. The number of methoxy groups -OCH3 is 2. The molecule has 4 aromatic heterocycles. The van der Waals surface area contributed by atoms with Crippen LogP contribution < -0.4 is 16.9 Å². The van der Waals surface area contributed by atoms with Crippen molar-refractivity contribution in [3.8, 4) is 22.3 Å². The summed E-state index contributed by atoms with van der Waals surface area (Å²) in [7, 11) is 10.7. The van der Waals surface area contributed by atoms with Gasteiger partial charge in [0.15, 0.2) is 5.78 Å². The number of esters is 2. The quantitative estimate of drug-likeness (QED) is 0.0541. The van der Waals surface area contributed by atoms with Gasteiger partial charge < -0.3 is 39.2 Å². The fraction of sp³-hybridized carbons (Fsp3) is 0.463. The molecule has 2 unspecified atom stereocenters. The van der Waals surface area contributed by atoms with Crippen molar-refractivity contribution >= 4 is 50.7 Å². The number of carboxylic acids is 1. The van der Waals surface area contributed by atoms with E-state index in [0.717, 1.165) is 81.6 Å². The molecule has 0 bridgehead atoms. The zero-order chi connectivity index (χ0) is 60.1. The first-order valence-electron chi connectivity index (χ1n) is 27.7. The number of hydrogen-bond acceptors (Lipinski definition) is 13. The van der Waals surface area contributed by atoms with E-state index in [1.54, 1.807) is 41.5 Å². The first kappa shape index (κ1) is 78.3. The molecule has 0 spiro atoms. The van der Waals surface area contributed by atoms with Gasteiger partial charge in [-0.1, -0.05) is 78.9 Å². The normalized spacial score (nSPS) is 12.1. The van der Waals surface area contributed by atoms with Gasteiger partial charge in [0.25, 0.3) is 11.1 Å². The van der Waals surface area contributed by atoms with E-state index in [1.807, 2.05) is 110 Å². The first-order chi connectivity index (χ1) is 38.3. The molecule has 85 heavy (non-hydrogen) atoms. The lowest BCUT2D eigenvalue weighted by atomic mass is 9.86. The highest BCUT2D eigenvalue weighted by Gasteiger charge is 2.29. The number of hydrogen-bond donors (Lipinski definition) is 2. The zero-order valence-corrected chi connectivity index (χ0v) is 53.2. The third kappa shape index (κ3) is 24.7. The van der Waals surface area contributed by atoms with Crippen LogP contribution >= 0.6 is 27.0 Å². The Kier molecular flexibility index (Phi) is 35.3. The van der Waals surface area contributed by atoms with Crippen molar-refractivity contribution in [2.24, 2.45) is 17.6 Å². The number of nitrogens with zero attached hydrogens (tertiary/aromatic N) is 6. The number of carboxylic acid groups (broad SMARTS) is 1. The zero-order valence-electron chi connectivity index (χ0n) is 51.2. The molecule has 468 valence electrons. The largest absolute Gasteiger partial charge is 0.480 e. The topological polar surface area (TPSA) is 209 Å². The van der Waals surface area contributed by atoms with E-state index in [4.69, 9.17) is 10.5 Å². The van der Waals surface area contributed by atoms with Crippen LogP contribution in [0.1, 0.15) is 143 Å². The maximum absolute atomic E-state index is 13.9. The molecular weight excluding hydrogens is 1110 g/mol. The minimum atomic E-state index is -0.957. The number of carbonyl (C=O) groups is 4. The number of pyridine rings is 4. The van der Waals surface area contributed by atoms with E-state index in [-0.39, 0.29) is 95.8 Å². The van der Waals surface area contributed by atoms with E-state index in [0.29, 0.717) is 12.8 Å². The van der Waals surface area contributed by atoms with Gasteiger partial charge in [0.2, 0.25) is 0 Å². The molecule has 0 aliphatic heterocycles. The maximum Gasteiger partial charge on any atom is 0.326 e. The average Bonchev–Trinajstić information content (AvgIpc) is 3.61. The van der Waals surface area contributed by atoms with Gasteiger partial charge >= 0.3 is 17.9 Å². The number of Topliss-reactive ketones (excluding diaryl/α,β-unsaturated/α-hetero) is 1. The molecule has 18 heteroatoms. The van der Waals surface area contributed by atoms with Crippen molar-refractivity contribution in [2.45, 2.75) is 139 Å². The van der Waals surface area contributed by atoms with Gasteiger partial charge in [0, 0.05) is 91.9 Å². The number of rotatable bonds is 24. The van der Waals surface area contributed by atoms with Crippen LogP contribution in [0.5, 0.6) is 0 Å². The van der Waals surface area contributed by atoms with E-state index < -0.39 is 36.0 Å². The van der Waals surface area contributed by atoms with Crippen molar-refractivity contribution < 1.29 is 33.8 Å². The summed E-state index contributed by atoms with van der Waals surface area (Å²) < 4.78 is 12.5. The lowest BCUT2D eigenvalue weighted by molar-refractivity contribution is -0.142. The van der Waals surface area contributed by atoms with E-state index in [1.165, 1.54) is 29.9 Å². The van der Waals surface area contributed by atoms with E-state index in [9.17, 15) is 33.9 Å². The average molecular weight is 1210 g/mol. The molecule has 0 aliphatic rings. The number of nitrogens with two attached hydrogens (primary N) is 1. The van der Waals surface area contributed by atoms with Crippen molar-refractivity contribution in [2.75, 3.05) is 55.5 Å². The van der Waals surface area contributed by atoms with Crippen molar-refractivity contribution in [3.63, 3.8) is 0 Å². The summed E-state index contributed by atoms with van der Waals surface area (Å²) in [5.74, 6) is -1.76. The SMILES string of the molecule is C.C.CC(C)CC(C(=O)O)n1ccc(CCN(C)C)cc1=O.COC(=O)C[C@H](CC(=O)C(CC(C)C)n1ccc(CCN(C)C)cc1=O)c1cncc(-c2c(C)cccc2C)c1.COC(=O)C[C@H](N)c1cncc(-c2c(C)cccc2C)c1.S.S. The summed E-state index contributed by atoms with van der Waals surface area (Å²) >= 11 is 0. The van der Waals surface area contributed by atoms with Gasteiger partial charge in [0.05, 0.1) is 33.1 Å². The van der Waals surface area contributed by atoms with Crippen LogP contribution in [0.15, 0.2) is 120 Å². The van der Waals surface area contributed by atoms with E-state index in [2.05, 4.69) is 71.6 Å². The van der Waals surface area contributed by atoms with Crippen molar-refractivity contribution in [1.29, 1.82) is 0 Å². The number of benzene rings is 2. The fourth-order valence-electron chi connectivity index (χ4n) is 9.73. The van der Waals surface area contributed by atoms with Crippen LogP contribution in [0.3, 0.4) is 0 Å². The second kappa shape index (κ2) is 38.4. The molecule has 6 aromatic rings. The van der Waals surface area contributed by atoms with Gasteiger partial charge in [-0.3, -0.25) is 33.9 Å². The Morgan fingerprint density at radius 1 is 0.576 bits per heavy atom. The van der Waals surface area contributed by atoms with Gasteiger partial charge in [-0.25, -0.2) is 4.79 Å². The summed E-state index contributed by atoms with van der Waals surface area (Å²) in [4.78, 5) is 87.2. The van der Waals surface area contributed by atoms with Gasteiger partial charge in [-0.15, -0.1) is 0 Å². The van der Waals surface area contributed by atoms with Crippen LogP contribution in [0.2, 0.25) is 0 Å². The van der Waals surface area contributed by atoms with Crippen molar-refractivity contribution in [3.05, 3.63) is 175 Å². The summed E-state index contributed by atoms with van der Waals surface area (Å²) in [5, 5.41) is 9.28. The molecule has 6 rings (SSSR count). The summed E-state index contributed by atoms with van der Waals surface area (Å²) in [5.41, 5.74) is 18.0. The number of likely N-dealkylation sites (N-methyl/N-ethyl adjacent to an activating group) is 2. The predicted molar refractivity (Wildman–Crippen MR) is 356 cm³/mol. The van der Waals surface area contributed by atoms with Crippen LogP contribution in [0, 0.1) is 39.5 Å². The highest BCUT2D eigenvalue weighted by Crippen LogP contribution is 2.34. The monoisotopic (exact) mass is 1210 g/mol. The lowest BCUT2D eigenvalue weighted by Crippen LogP contribution is -2.31. The Bertz CT molecular complexity index is 3140. The molecule has 0 saturated heterocycles. The molecule has 0 saturated carbocycles. The number of ketones is 1. The van der Waals surface area contributed by atoms with Crippen LogP contribution in [-0.2, 0) is 41.5 Å². The second-order valence-electron chi connectivity index (χ2n) is 22.4. The molecule has 16 nitrogen and oxygen atoms in total. The molecule has 4 heterocycles. The molecule has 0 amide bonds. The molecule has 0 radical (unpaired) electrons. The van der Waals surface area contributed by atoms with Crippen LogP contribution in [0.25, 0.3) is 22.3 Å². The van der Waals surface area contributed by atoms with Crippen LogP contribution in [-0.4, -0.2) is 113 Å². The number of aliphatic carboxylic acids is 1. The molecule has 0 fully saturated rings. The highest BCUT2D eigenvalue weighted by molar-refractivity contribution is 7.59. The summed E-state index contributed by atoms with van der Waals surface area (Å²) in [6.45, 7) is 17.9. The van der Waals surface area contributed by atoms with Gasteiger partial charge in [-0.2, -0.15) is 27.0 Å². The van der Waals surface area contributed by atoms with Crippen LogP contribution in [0.4, 0.5) is 0 Å². The van der Waals surface area contributed by atoms with Gasteiger partial charge in [-0.05, 0) is 173 Å². The Balaban J connectivity index is 0.00000133. The summed E-state index contributed by atoms with van der Waals surface area (Å²) in [6, 6.07) is 21.5. The Morgan fingerprint density at radius 2 is 0.965 bits per heavy atom. The molecular formula is C67H99N7O9S2.